The van der Waals surface area contributed by atoms with Gasteiger partial charge in [-0.05, 0) is 50.2 Å². The molecule has 0 aliphatic rings. The minimum Gasteiger partial charge on any atom is -0.497 e. The summed E-state index contributed by atoms with van der Waals surface area (Å²) in [4.78, 5) is 11.3. The van der Waals surface area contributed by atoms with E-state index in [0.29, 0.717) is 5.82 Å². The minimum atomic E-state index is -0.764. The summed E-state index contributed by atoms with van der Waals surface area (Å²) in [6, 6.07) is 17.9. The Labute approximate surface area is 147 Å². The van der Waals surface area contributed by atoms with Crippen LogP contribution in [0.25, 0.3) is 10.9 Å². The molecule has 1 aromatic heterocycles. The first-order valence-corrected chi connectivity index (χ1v) is 8.02. The summed E-state index contributed by atoms with van der Waals surface area (Å²) < 4.78 is 5.22. The van der Waals surface area contributed by atoms with Gasteiger partial charge in [0.15, 0.2) is 5.82 Å². The number of fused-ring (bicyclic) bond motifs is 1. The molecule has 0 radical (unpaired) electrons. The Kier molecular flexibility index (Phi) is 4.28. The van der Waals surface area contributed by atoms with Crippen LogP contribution < -0.4 is 9.64 Å². The number of nitrogens with zero attached hydrogens (tertiary/aromatic N) is 4. The first kappa shape index (κ1) is 16.7. The van der Waals surface area contributed by atoms with Crippen LogP contribution in [0.3, 0.4) is 0 Å². The SMILES string of the molecule is COc1ccc(N(C)c2nc(C(C)(C)C#N)nc3ccccc23)cc1. The zero-order valence-electron chi connectivity index (χ0n) is 14.8. The van der Waals surface area contributed by atoms with Crippen molar-refractivity contribution in [1.29, 1.82) is 5.26 Å². The van der Waals surface area contributed by atoms with E-state index in [0.717, 1.165) is 28.2 Å². The molecule has 0 amide bonds. The van der Waals surface area contributed by atoms with Gasteiger partial charge in [0.25, 0.3) is 0 Å². The van der Waals surface area contributed by atoms with Crippen LogP contribution in [0.2, 0.25) is 0 Å². The van der Waals surface area contributed by atoms with Crippen molar-refractivity contribution < 1.29 is 4.74 Å². The highest BCUT2D eigenvalue weighted by atomic mass is 16.5. The number of methoxy groups -OCH3 is 1. The molecule has 0 unspecified atom stereocenters. The Bertz CT molecular complexity index is 942. The summed E-state index contributed by atoms with van der Waals surface area (Å²) in [6.45, 7) is 3.66. The third-order valence-electron chi connectivity index (χ3n) is 4.20. The molecule has 0 fully saturated rings. The minimum absolute atomic E-state index is 0.518. The highest BCUT2D eigenvalue weighted by Gasteiger charge is 2.26. The average Bonchev–Trinajstić information content (AvgIpc) is 2.66. The predicted molar refractivity (Wildman–Crippen MR) is 99.2 cm³/mol. The largest absolute Gasteiger partial charge is 0.497 e. The van der Waals surface area contributed by atoms with Crippen LogP contribution in [0.15, 0.2) is 48.5 Å². The molecule has 5 heteroatoms. The number of ether oxygens (including phenoxy) is 1. The van der Waals surface area contributed by atoms with Gasteiger partial charge in [-0.25, -0.2) is 9.97 Å². The molecule has 0 saturated carbocycles. The van der Waals surface area contributed by atoms with Crippen molar-refractivity contribution in [3.05, 3.63) is 54.4 Å². The quantitative estimate of drug-likeness (QED) is 0.716. The van der Waals surface area contributed by atoms with Crippen LogP contribution >= 0.6 is 0 Å². The van der Waals surface area contributed by atoms with Crippen molar-refractivity contribution in [2.75, 3.05) is 19.1 Å². The summed E-state index contributed by atoms with van der Waals surface area (Å²) >= 11 is 0. The molecule has 1 heterocycles. The molecule has 0 aliphatic heterocycles. The summed E-state index contributed by atoms with van der Waals surface area (Å²) in [5.74, 6) is 2.09. The highest BCUT2D eigenvalue weighted by Crippen LogP contribution is 2.32. The molecule has 2 aromatic carbocycles. The first-order chi connectivity index (χ1) is 12.0. The fourth-order valence-electron chi connectivity index (χ4n) is 2.57. The molecule has 5 nitrogen and oxygen atoms in total. The van der Waals surface area contributed by atoms with E-state index in [-0.39, 0.29) is 0 Å². The van der Waals surface area contributed by atoms with E-state index in [9.17, 15) is 5.26 Å². The Morgan fingerprint density at radius 2 is 1.72 bits per heavy atom. The molecule has 0 spiro atoms. The number of nitriles is 1. The summed E-state index contributed by atoms with van der Waals surface area (Å²) in [5.41, 5.74) is 1.04. The second kappa shape index (κ2) is 6.40. The lowest BCUT2D eigenvalue weighted by Crippen LogP contribution is -2.21. The fraction of sp³-hybridized carbons (Fsp3) is 0.250. The van der Waals surface area contributed by atoms with E-state index in [1.165, 1.54) is 0 Å². The van der Waals surface area contributed by atoms with E-state index in [1.807, 2.05) is 74.3 Å². The number of para-hydroxylation sites is 1. The van der Waals surface area contributed by atoms with Gasteiger partial charge in [-0.2, -0.15) is 5.26 Å². The average molecular weight is 332 g/mol. The molecule has 3 rings (SSSR count). The first-order valence-electron chi connectivity index (χ1n) is 8.02. The van der Waals surface area contributed by atoms with Crippen molar-refractivity contribution in [2.24, 2.45) is 0 Å². The van der Waals surface area contributed by atoms with Crippen molar-refractivity contribution in [3.8, 4) is 11.8 Å². The maximum absolute atomic E-state index is 9.47. The number of anilines is 2. The van der Waals surface area contributed by atoms with Gasteiger partial charge >= 0.3 is 0 Å². The van der Waals surface area contributed by atoms with Crippen molar-refractivity contribution in [3.63, 3.8) is 0 Å². The molecule has 126 valence electrons. The molecule has 0 bridgehead atoms. The van der Waals surface area contributed by atoms with Crippen molar-refractivity contribution in [2.45, 2.75) is 19.3 Å². The number of hydrogen-bond donors (Lipinski definition) is 0. The summed E-state index contributed by atoms with van der Waals surface area (Å²) in [6.07, 6.45) is 0. The predicted octanol–water partition coefficient (Wildman–Crippen LogP) is 4.21. The lowest BCUT2D eigenvalue weighted by atomic mass is 9.94. The van der Waals surface area contributed by atoms with Gasteiger partial charge in [0.1, 0.15) is 17.0 Å². The topological polar surface area (TPSA) is 62.0 Å². The van der Waals surface area contributed by atoms with Gasteiger partial charge in [-0.3, -0.25) is 0 Å². The van der Waals surface area contributed by atoms with Crippen LogP contribution in [0.1, 0.15) is 19.7 Å². The highest BCUT2D eigenvalue weighted by molar-refractivity contribution is 5.91. The normalized spacial score (nSPS) is 11.2. The summed E-state index contributed by atoms with van der Waals surface area (Å²) in [7, 11) is 3.60. The fourth-order valence-corrected chi connectivity index (χ4v) is 2.57. The van der Waals surface area contributed by atoms with Crippen molar-refractivity contribution in [1.82, 2.24) is 9.97 Å². The third-order valence-corrected chi connectivity index (χ3v) is 4.20. The van der Waals surface area contributed by atoms with Crippen LogP contribution in [-0.2, 0) is 5.41 Å². The Hall–Kier alpha value is -3.13. The van der Waals surface area contributed by atoms with Crippen LogP contribution in [0, 0.1) is 11.3 Å². The van der Waals surface area contributed by atoms with Crippen LogP contribution in [0.4, 0.5) is 11.5 Å². The molecule has 0 N–H and O–H groups in total. The third kappa shape index (κ3) is 3.11. The van der Waals surface area contributed by atoms with Crippen molar-refractivity contribution >= 4 is 22.4 Å². The second-order valence-electron chi connectivity index (χ2n) is 6.38. The number of rotatable bonds is 4. The molecular formula is C20H20N4O. The van der Waals surface area contributed by atoms with Gasteiger partial charge in [0, 0.05) is 18.1 Å². The van der Waals surface area contributed by atoms with Crippen LogP contribution in [0.5, 0.6) is 5.75 Å². The molecule has 0 atom stereocenters. The van der Waals surface area contributed by atoms with E-state index >= 15 is 0 Å². The zero-order valence-corrected chi connectivity index (χ0v) is 14.8. The van der Waals surface area contributed by atoms with Gasteiger partial charge < -0.3 is 9.64 Å². The van der Waals surface area contributed by atoms with Gasteiger partial charge in [-0.1, -0.05) is 12.1 Å². The Morgan fingerprint density at radius 1 is 1.04 bits per heavy atom. The maximum atomic E-state index is 9.47. The molecule has 3 aromatic rings. The van der Waals surface area contributed by atoms with Gasteiger partial charge in [-0.15, -0.1) is 0 Å². The van der Waals surface area contributed by atoms with E-state index < -0.39 is 5.41 Å². The number of aromatic nitrogens is 2. The Morgan fingerprint density at radius 3 is 2.36 bits per heavy atom. The molecule has 25 heavy (non-hydrogen) atoms. The smallest absolute Gasteiger partial charge is 0.151 e. The van der Waals surface area contributed by atoms with Gasteiger partial charge in [0.05, 0.1) is 18.7 Å². The van der Waals surface area contributed by atoms with Crippen LogP contribution in [-0.4, -0.2) is 24.1 Å². The Balaban J connectivity index is 2.17. The monoisotopic (exact) mass is 332 g/mol. The van der Waals surface area contributed by atoms with E-state index in [1.54, 1.807) is 7.11 Å². The second-order valence-corrected chi connectivity index (χ2v) is 6.38. The molecular weight excluding hydrogens is 312 g/mol. The van der Waals surface area contributed by atoms with E-state index in [4.69, 9.17) is 9.72 Å². The maximum Gasteiger partial charge on any atom is 0.151 e. The standard InChI is InChI=1S/C20H20N4O/c1-20(2,13-21)19-22-17-8-6-5-7-16(17)18(23-19)24(3)14-9-11-15(25-4)12-10-14/h5-12H,1-4H3. The number of benzene rings is 2. The lowest BCUT2D eigenvalue weighted by molar-refractivity contribution is 0.415. The molecule has 0 aliphatic carbocycles. The lowest BCUT2D eigenvalue weighted by Gasteiger charge is -2.23. The summed E-state index contributed by atoms with van der Waals surface area (Å²) in [5, 5.41) is 10.4. The number of hydrogen-bond acceptors (Lipinski definition) is 5. The van der Waals surface area contributed by atoms with Gasteiger partial charge in [0.2, 0.25) is 0 Å². The van der Waals surface area contributed by atoms with E-state index in [2.05, 4.69) is 11.1 Å². The molecule has 0 saturated heterocycles. The zero-order chi connectivity index (χ0) is 18.0.